The zero-order valence-electron chi connectivity index (χ0n) is 13.5. The van der Waals surface area contributed by atoms with Crippen LogP contribution in [0.4, 0.5) is 0 Å². The lowest BCUT2D eigenvalue weighted by Crippen LogP contribution is -2.45. The summed E-state index contributed by atoms with van der Waals surface area (Å²) in [6.07, 6.45) is 1.32. The molecule has 0 aromatic heterocycles. The van der Waals surface area contributed by atoms with E-state index < -0.39 is 8.32 Å². The van der Waals surface area contributed by atoms with E-state index in [1.807, 2.05) is 6.92 Å². The highest BCUT2D eigenvalue weighted by molar-refractivity contribution is 6.74. The predicted molar refractivity (Wildman–Crippen MR) is 79.7 cm³/mol. The quantitative estimate of drug-likeness (QED) is 0.630. The van der Waals surface area contributed by atoms with Crippen molar-refractivity contribution in [3.63, 3.8) is 0 Å². The molecule has 0 spiro atoms. The van der Waals surface area contributed by atoms with Crippen LogP contribution in [-0.2, 0) is 13.9 Å². The molecule has 0 radical (unpaired) electrons. The fourth-order valence-corrected chi connectivity index (χ4v) is 2.80. The fraction of sp³-hybridized carbons (Fsp3) is 1.00. The smallest absolute Gasteiger partial charge is 0.192 e. The van der Waals surface area contributed by atoms with E-state index in [-0.39, 0.29) is 17.2 Å². The third-order valence-electron chi connectivity index (χ3n) is 3.69. The van der Waals surface area contributed by atoms with Gasteiger partial charge in [-0.2, -0.15) is 0 Å². The van der Waals surface area contributed by atoms with E-state index in [0.29, 0.717) is 13.2 Å². The third kappa shape index (κ3) is 6.32. The number of rotatable bonds is 8. The molecule has 0 N–H and O–H groups in total. The molecular formula is C14H32O3Si. The molecule has 0 aromatic rings. The Morgan fingerprint density at radius 2 is 1.67 bits per heavy atom. The van der Waals surface area contributed by atoms with Crippen LogP contribution in [0.2, 0.25) is 18.1 Å². The van der Waals surface area contributed by atoms with Gasteiger partial charge in [-0.3, -0.25) is 0 Å². The molecular weight excluding hydrogens is 244 g/mol. The first-order chi connectivity index (χ1) is 8.14. The standard InChI is InChI=1S/C14H32O3Si/c1-9-13(11-16-12(2)10-15-6)17-18(7,8)14(3,4)5/h12-13H,9-11H2,1-8H3/t12-,13-/m0/s1. The monoisotopic (exact) mass is 276 g/mol. The minimum Gasteiger partial charge on any atom is -0.412 e. The Labute approximate surface area is 114 Å². The van der Waals surface area contributed by atoms with E-state index in [1.54, 1.807) is 7.11 Å². The summed E-state index contributed by atoms with van der Waals surface area (Å²) in [6, 6.07) is 0. The zero-order valence-corrected chi connectivity index (χ0v) is 14.5. The summed E-state index contributed by atoms with van der Waals surface area (Å²) in [5.41, 5.74) is 0. The summed E-state index contributed by atoms with van der Waals surface area (Å²) in [5, 5.41) is 0.249. The zero-order chi connectivity index (χ0) is 14.4. The highest BCUT2D eigenvalue weighted by Crippen LogP contribution is 2.37. The van der Waals surface area contributed by atoms with Crippen molar-refractivity contribution >= 4 is 8.32 Å². The maximum atomic E-state index is 6.35. The fourth-order valence-electron chi connectivity index (χ4n) is 1.38. The van der Waals surface area contributed by atoms with E-state index in [0.717, 1.165) is 6.42 Å². The first-order valence-electron chi connectivity index (χ1n) is 6.92. The van der Waals surface area contributed by atoms with Crippen molar-refractivity contribution in [3.05, 3.63) is 0 Å². The van der Waals surface area contributed by atoms with Gasteiger partial charge in [0.05, 0.1) is 25.4 Å². The van der Waals surface area contributed by atoms with Crippen molar-refractivity contribution in [2.24, 2.45) is 0 Å². The normalized spacial score (nSPS) is 16.7. The van der Waals surface area contributed by atoms with Gasteiger partial charge in [0.15, 0.2) is 8.32 Å². The number of hydrogen-bond acceptors (Lipinski definition) is 3. The Balaban J connectivity index is 4.27. The average molecular weight is 276 g/mol. The van der Waals surface area contributed by atoms with Crippen LogP contribution in [0.5, 0.6) is 0 Å². The number of ether oxygens (including phenoxy) is 2. The lowest BCUT2D eigenvalue weighted by molar-refractivity contribution is -0.0288. The Hall–Kier alpha value is 0.0969. The van der Waals surface area contributed by atoms with Crippen LogP contribution in [0.3, 0.4) is 0 Å². The van der Waals surface area contributed by atoms with Gasteiger partial charge in [0.2, 0.25) is 0 Å². The number of methoxy groups -OCH3 is 1. The SMILES string of the molecule is CC[C@@H](CO[C@@H](C)COC)O[Si](C)(C)C(C)(C)C. The molecule has 0 saturated heterocycles. The minimum absolute atomic E-state index is 0.132. The van der Waals surface area contributed by atoms with Gasteiger partial charge in [-0.05, 0) is 31.5 Å². The molecule has 18 heavy (non-hydrogen) atoms. The molecule has 0 heterocycles. The molecule has 0 rings (SSSR count). The molecule has 0 unspecified atom stereocenters. The summed E-state index contributed by atoms with van der Waals surface area (Å²) >= 11 is 0. The van der Waals surface area contributed by atoms with Gasteiger partial charge in [0.25, 0.3) is 0 Å². The minimum atomic E-state index is -1.69. The molecule has 110 valence electrons. The average Bonchev–Trinajstić information content (AvgIpc) is 2.22. The van der Waals surface area contributed by atoms with Crippen LogP contribution in [0, 0.1) is 0 Å². The second-order valence-corrected chi connectivity index (χ2v) is 11.3. The highest BCUT2D eigenvalue weighted by Gasteiger charge is 2.38. The summed E-state index contributed by atoms with van der Waals surface area (Å²) in [7, 11) is 0.00700. The van der Waals surface area contributed by atoms with E-state index in [9.17, 15) is 0 Å². The predicted octanol–water partition coefficient (Wildman–Crippen LogP) is 3.84. The Morgan fingerprint density at radius 1 is 1.11 bits per heavy atom. The van der Waals surface area contributed by atoms with Crippen LogP contribution in [0.25, 0.3) is 0 Å². The Kier molecular flexibility index (Phi) is 7.67. The van der Waals surface area contributed by atoms with Crippen LogP contribution < -0.4 is 0 Å². The van der Waals surface area contributed by atoms with Crippen LogP contribution in [-0.4, -0.2) is 40.8 Å². The number of hydrogen-bond donors (Lipinski definition) is 0. The van der Waals surface area contributed by atoms with Crippen LogP contribution in [0.1, 0.15) is 41.0 Å². The lowest BCUT2D eigenvalue weighted by atomic mass is 10.2. The van der Waals surface area contributed by atoms with Gasteiger partial charge in [0, 0.05) is 7.11 Å². The van der Waals surface area contributed by atoms with Gasteiger partial charge in [0.1, 0.15) is 0 Å². The van der Waals surface area contributed by atoms with Crippen molar-refractivity contribution in [2.75, 3.05) is 20.3 Å². The summed E-state index contributed by atoms with van der Waals surface area (Å²) in [4.78, 5) is 0. The maximum Gasteiger partial charge on any atom is 0.192 e. The van der Waals surface area contributed by atoms with E-state index in [2.05, 4.69) is 40.8 Å². The second kappa shape index (κ2) is 7.63. The van der Waals surface area contributed by atoms with Crippen LogP contribution >= 0.6 is 0 Å². The van der Waals surface area contributed by atoms with Gasteiger partial charge in [-0.25, -0.2) is 0 Å². The maximum absolute atomic E-state index is 6.35. The van der Waals surface area contributed by atoms with Crippen molar-refractivity contribution in [2.45, 2.75) is 71.4 Å². The molecule has 0 bridgehead atoms. The molecule has 0 fully saturated rings. The van der Waals surface area contributed by atoms with Gasteiger partial charge in [-0.15, -0.1) is 0 Å². The molecule has 0 aromatic carbocycles. The Bertz CT molecular complexity index is 224. The Morgan fingerprint density at radius 3 is 2.06 bits per heavy atom. The first kappa shape index (κ1) is 18.1. The summed E-state index contributed by atoms with van der Waals surface area (Å²) in [5.74, 6) is 0. The van der Waals surface area contributed by atoms with Crippen molar-refractivity contribution in [3.8, 4) is 0 Å². The molecule has 0 aliphatic carbocycles. The van der Waals surface area contributed by atoms with Crippen molar-refractivity contribution < 1.29 is 13.9 Å². The first-order valence-corrected chi connectivity index (χ1v) is 9.83. The third-order valence-corrected chi connectivity index (χ3v) is 8.23. The van der Waals surface area contributed by atoms with Gasteiger partial charge in [-0.1, -0.05) is 27.7 Å². The van der Waals surface area contributed by atoms with Crippen molar-refractivity contribution in [1.29, 1.82) is 0 Å². The van der Waals surface area contributed by atoms with Crippen LogP contribution in [0.15, 0.2) is 0 Å². The van der Waals surface area contributed by atoms with Gasteiger partial charge >= 0.3 is 0 Å². The molecule has 0 aliphatic rings. The summed E-state index contributed by atoms with van der Waals surface area (Å²) in [6.45, 7) is 16.8. The molecule has 0 aliphatic heterocycles. The molecule has 4 heteroatoms. The second-order valence-electron chi connectivity index (χ2n) is 6.51. The molecule has 0 saturated carbocycles. The molecule has 3 nitrogen and oxygen atoms in total. The molecule has 2 atom stereocenters. The molecule has 0 amide bonds. The van der Waals surface area contributed by atoms with E-state index >= 15 is 0 Å². The van der Waals surface area contributed by atoms with Gasteiger partial charge < -0.3 is 13.9 Å². The van der Waals surface area contributed by atoms with Crippen molar-refractivity contribution in [1.82, 2.24) is 0 Å². The summed E-state index contributed by atoms with van der Waals surface area (Å²) < 4.78 is 17.2. The van der Waals surface area contributed by atoms with E-state index in [1.165, 1.54) is 0 Å². The highest BCUT2D eigenvalue weighted by atomic mass is 28.4. The lowest BCUT2D eigenvalue weighted by Gasteiger charge is -2.39. The largest absolute Gasteiger partial charge is 0.412 e. The topological polar surface area (TPSA) is 27.7 Å². The van der Waals surface area contributed by atoms with E-state index in [4.69, 9.17) is 13.9 Å².